The standard InChI is InChI=1S/C8H8N2O3/c11-10-8(9-12-6-13-10)7-4-2-1-3-5-7/h1-5,11H,6H2. The van der Waals surface area contributed by atoms with Crippen molar-refractivity contribution in [2.45, 2.75) is 0 Å². The van der Waals surface area contributed by atoms with Crippen LogP contribution in [0.5, 0.6) is 0 Å². The Kier molecular flexibility index (Phi) is 2.11. The van der Waals surface area contributed by atoms with Gasteiger partial charge in [0, 0.05) is 5.56 Å². The Bertz CT molecular complexity index is 312. The third-order valence-corrected chi connectivity index (χ3v) is 1.59. The van der Waals surface area contributed by atoms with E-state index in [1.54, 1.807) is 12.1 Å². The van der Waals surface area contributed by atoms with E-state index in [-0.39, 0.29) is 12.6 Å². The number of hydroxylamine groups is 2. The Hall–Kier alpha value is -1.59. The fourth-order valence-electron chi connectivity index (χ4n) is 1.01. The molecule has 5 heteroatoms. The fourth-order valence-corrected chi connectivity index (χ4v) is 1.01. The highest BCUT2D eigenvalue weighted by atomic mass is 16.9. The molecule has 1 N–H and O–H groups in total. The Morgan fingerprint density at radius 1 is 1.31 bits per heavy atom. The molecule has 0 aromatic heterocycles. The van der Waals surface area contributed by atoms with E-state index in [1.165, 1.54) is 0 Å². The molecule has 68 valence electrons. The molecule has 1 heterocycles. The second-order valence-electron chi connectivity index (χ2n) is 2.43. The van der Waals surface area contributed by atoms with E-state index in [9.17, 15) is 5.21 Å². The largest absolute Gasteiger partial charge is 0.362 e. The van der Waals surface area contributed by atoms with Gasteiger partial charge in [-0.1, -0.05) is 35.5 Å². The number of benzene rings is 1. The van der Waals surface area contributed by atoms with Gasteiger partial charge in [-0.3, -0.25) is 5.21 Å². The van der Waals surface area contributed by atoms with Gasteiger partial charge in [0.1, 0.15) is 0 Å². The molecule has 0 amide bonds. The highest BCUT2D eigenvalue weighted by Crippen LogP contribution is 2.08. The van der Waals surface area contributed by atoms with E-state index in [0.717, 1.165) is 5.56 Å². The highest BCUT2D eigenvalue weighted by molar-refractivity contribution is 5.97. The summed E-state index contributed by atoms with van der Waals surface area (Å²) in [5.41, 5.74) is 0.727. The first kappa shape index (κ1) is 8.03. The number of nitrogens with zero attached hydrogens (tertiary/aromatic N) is 2. The quantitative estimate of drug-likeness (QED) is 0.699. The molecule has 0 aliphatic carbocycles. The fraction of sp³-hybridized carbons (Fsp3) is 0.125. The maximum Gasteiger partial charge on any atom is 0.243 e. The van der Waals surface area contributed by atoms with Crippen molar-refractivity contribution in [3.8, 4) is 0 Å². The highest BCUT2D eigenvalue weighted by Gasteiger charge is 2.16. The summed E-state index contributed by atoms with van der Waals surface area (Å²) in [5, 5.41) is 13.5. The Morgan fingerprint density at radius 2 is 2.08 bits per heavy atom. The van der Waals surface area contributed by atoms with Crippen LogP contribution in [0, 0.1) is 0 Å². The molecule has 2 rings (SSSR count). The van der Waals surface area contributed by atoms with E-state index < -0.39 is 0 Å². The molecule has 0 spiro atoms. The second-order valence-corrected chi connectivity index (χ2v) is 2.43. The Morgan fingerprint density at radius 3 is 2.77 bits per heavy atom. The minimum atomic E-state index is -0.0766. The summed E-state index contributed by atoms with van der Waals surface area (Å²) in [7, 11) is 0. The number of rotatable bonds is 1. The van der Waals surface area contributed by atoms with Crippen LogP contribution in [0.15, 0.2) is 35.5 Å². The maximum atomic E-state index is 9.22. The molecule has 0 fully saturated rings. The predicted octanol–water partition coefficient (Wildman–Crippen LogP) is 0.959. The lowest BCUT2D eigenvalue weighted by atomic mass is 10.2. The van der Waals surface area contributed by atoms with Gasteiger partial charge in [-0.2, -0.15) is 0 Å². The van der Waals surface area contributed by atoms with E-state index in [1.807, 2.05) is 18.2 Å². The lowest BCUT2D eigenvalue weighted by Crippen LogP contribution is -2.33. The second kappa shape index (κ2) is 3.42. The van der Waals surface area contributed by atoms with Gasteiger partial charge in [0.15, 0.2) is 0 Å². The summed E-state index contributed by atoms with van der Waals surface area (Å²) in [6.45, 7) is -0.0766. The number of hydrogen-bond acceptors (Lipinski definition) is 5. The summed E-state index contributed by atoms with van der Waals surface area (Å²) in [6, 6.07) is 9.12. The topological polar surface area (TPSA) is 54.3 Å². The number of oxime groups is 1. The first-order valence-corrected chi connectivity index (χ1v) is 3.75. The average molecular weight is 180 g/mol. The van der Waals surface area contributed by atoms with Gasteiger partial charge >= 0.3 is 0 Å². The maximum absolute atomic E-state index is 9.22. The first-order valence-electron chi connectivity index (χ1n) is 3.75. The molecule has 0 bridgehead atoms. The van der Waals surface area contributed by atoms with Crippen molar-refractivity contribution in [1.82, 2.24) is 5.23 Å². The molecule has 1 aliphatic rings. The average Bonchev–Trinajstić information content (AvgIpc) is 2.20. The lowest BCUT2D eigenvalue weighted by Gasteiger charge is -2.20. The smallest absolute Gasteiger partial charge is 0.243 e. The van der Waals surface area contributed by atoms with Crippen LogP contribution in [-0.4, -0.2) is 23.1 Å². The molecule has 5 nitrogen and oxygen atoms in total. The van der Waals surface area contributed by atoms with Gasteiger partial charge in [-0.15, -0.1) is 5.23 Å². The summed E-state index contributed by atoms with van der Waals surface area (Å²) in [6.07, 6.45) is 0. The van der Waals surface area contributed by atoms with Gasteiger partial charge in [0.05, 0.1) is 0 Å². The van der Waals surface area contributed by atoms with Crippen LogP contribution in [0.1, 0.15) is 5.56 Å². The van der Waals surface area contributed by atoms with Crippen molar-refractivity contribution < 1.29 is 14.9 Å². The molecule has 0 radical (unpaired) electrons. The van der Waals surface area contributed by atoms with Crippen molar-refractivity contribution >= 4 is 5.84 Å². The van der Waals surface area contributed by atoms with Crippen LogP contribution in [0.25, 0.3) is 0 Å². The zero-order valence-electron chi connectivity index (χ0n) is 6.75. The normalized spacial score (nSPS) is 16.4. The molecule has 1 aromatic rings. The van der Waals surface area contributed by atoms with E-state index in [0.29, 0.717) is 5.23 Å². The summed E-state index contributed by atoms with van der Waals surface area (Å²) >= 11 is 0. The minimum Gasteiger partial charge on any atom is -0.362 e. The van der Waals surface area contributed by atoms with Crippen LogP contribution in [0.2, 0.25) is 0 Å². The van der Waals surface area contributed by atoms with Gasteiger partial charge < -0.3 is 4.84 Å². The molecular weight excluding hydrogens is 172 g/mol. The summed E-state index contributed by atoms with van der Waals surface area (Å²) in [5.74, 6) is 0.242. The summed E-state index contributed by atoms with van der Waals surface area (Å²) < 4.78 is 0. The van der Waals surface area contributed by atoms with Crippen molar-refractivity contribution in [2.24, 2.45) is 5.16 Å². The molecule has 1 aromatic carbocycles. The van der Waals surface area contributed by atoms with Crippen molar-refractivity contribution in [3.63, 3.8) is 0 Å². The van der Waals surface area contributed by atoms with Crippen LogP contribution >= 0.6 is 0 Å². The molecule has 0 saturated heterocycles. The van der Waals surface area contributed by atoms with Gasteiger partial charge in [0.25, 0.3) is 0 Å². The van der Waals surface area contributed by atoms with Crippen LogP contribution < -0.4 is 0 Å². The van der Waals surface area contributed by atoms with Crippen molar-refractivity contribution in [1.29, 1.82) is 0 Å². The number of hydrogen-bond donors (Lipinski definition) is 1. The van der Waals surface area contributed by atoms with Crippen LogP contribution in [0.4, 0.5) is 0 Å². The van der Waals surface area contributed by atoms with Gasteiger partial charge in [0.2, 0.25) is 12.6 Å². The van der Waals surface area contributed by atoms with Crippen LogP contribution in [-0.2, 0) is 9.68 Å². The third kappa shape index (κ3) is 1.61. The third-order valence-electron chi connectivity index (χ3n) is 1.59. The summed E-state index contributed by atoms with van der Waals surface area (Å²) in [4.78, 5) is 9.35. The predicted molar refractivity (Wildman–Crippen MR) is 43.6 cm³/mol. The molecular formula is C8H8N2O3. The zero-order chi connectivity index (χ0) is 9.10. The first-order chi connectivity index (χ1) is 6.38. The monoisotopic (exact) mass is 180 g/mol. The van der Waals surface area contributed by atoms with Crippen LogP contribution in [0.3, 0.4) is 0 Å². The Labute approximate surface area is 74.7 Å². The zero-order valence-corrected chi connectivity index (χ0v) is 6.75. The SMILES string of the molecule is ON1OCON=C1c1ccccc1. The minimum absolute atomic E-state index is 0.0766. The van der Waals surface area contributed by atoms with Gasteiger partial charge in [-0.25, -0.2) is 4.84 Å². The lowest BCUT2D eigenvalue weighted by molar-refractivity contribution is -0.334. The molecule has 0 unspecified atom stereocenters. The molecule has 0 saturated carbocycles. The van der Waals surface area contributed by atoms with E-state index >= 15 is 0 Å². The van der Waals surface area contributed by atoms with E-state index in [4.69, 9.17) is 0 Å². The van der Waals surface area contributed by atoms with Crippen molar-refractivity contribution in [3.05, 3.63) is 35.9 Å². The Balaban J connectivity index is 2.30. The molecule has 0 atom stereocenters. The van der Waals surface area contributed by atoms with Gasteiger partial charge in [-0.05, 0) is 0 Å². The number of amidine groups is 1. The molecule has 13 heavy (non-hydrogen) atoms. The van der Waals surface area contributed by atoms with Crippen molar-refractivity contribution in [2.75, 3.05) is 6.79 Å². The van der Waals surface area contributed by atoms with E-state index in [2.05, 4.69) is 14.8 Å². The molecule has 1 aliphatic heterocycles.